The molecule has 3 heterocycles. The molecule has 3 aromatic carbocycles. The van der Waals surface area contributed by atoms with Crippen LogP contribution in [0.5, 0.6) is 0 Å². The minimum Gasteiger partial charge on any atom is -0.325 e. The number of anilines is 2. The monoisotopic (exact) mass is 624 g/mol. The summed E-state index contributed by atoms with van der Waals surface area (Å²) in [4.78, 5) is 54.8. The standard InChI is InChI=1S/C28H21FN4O6S3/c29-16-8-6-15(7-9-16)21-22-23(26(36)33(25(22)35)18-4-2-1-3-5-18)40-27-24(21)41-28(37)32(27)14-20(34)31-17-10-12-19(13-11-17)42(30,38)39/h1-13,21-23H,14H2,(H,31,34)(H2,30,38,39)/t21-,22?,23?/m1/s1. The molecule has 3 amide bonds. The van der Waals surface area contributed by atoms with Crippen LogP contribution in [-0.4, -0.2) is 36.0 Å². The molecule has 1 aromatic heterocycles. The van der Waals surface area contributed by atoms with Gasteiger partial charge in [0.15, 0.2) is 0 Å². The second kappa shape index (κ2) is 10.6. The lowest BCUT2D eigenvalue weighted by molar-refractivity contribution is -0.122. The summed E-state index contributed by atoms with van der Waals surface area (Å²) in [7, 11) is -3.91. The number of hydrogen-bond donors (Lipinski definition) is 2. The predicted molar refractivity (Wildman–Crippen MR) is 155 cm³/mol. The molecule has 6 rings (SSSR count). The molecule has 0 aliphatic carbocycles. The zero-order valence-electron chi connectivity index (χ0n) is 21.5. The quantitative estimate of drug-likeness (QED) is 0.313. The number of imide groups is 1. The van der Waals surface area contributed by atoms with Crippen molar-refractivity contribution >= 4 is 62.2 Å². The summed E-state index contributed by atoms with van der Waals surface area (Å²) in [6.45, 7) is -0.396. The van der Waals surface area contributed by atoms with E-state index in [9.17, 15) is 32.0 Å². The summed E-state index contributed by atoms with van der Waals surface area (Å²) in [6, 6.07) is 19.4. The Bertz CT molecular complexity index is 1890. The number of sulfonamides is 1. The van der Waals surface area contributed by atoms with E-state index in [1.165, 1.54) is 53.1 Å². The van der Waals surface area contributed by atoms with Gasteiger partial charge in [-0.1, -0.05) is 53.4 Å². The number of amides is 3. The Morgan fingerprint density at radius 1 is 0.929 bits per heavy atom. The summed E-state index contributed by atoms with van der Waals surface area (Å²) in [5.41, 5.74) is 1.28. The van der Waals surface area contributed by atoms with Crippen LogP contribution in [0.3, 0.4) is 0 Å². The average Bonchev–Trinajstić information content (AvgIpc) is 3.40. The highest BCUT2D eigenvalue weighted by Crippen LogP contribution is 2.53. The fourth-order valence-corrected chi connectivity index (χ4v) is 8.48. The molecule has 1 saturated heterocycles. The van der Waals surface area contributed by atoms with Gasteiger partial charge in [-0.15, -0.1) is 0 Å². The van der Waals surface area contributed by atoms with Gasteiger partial charge in [0.25, 0.3) is 0 Å². The van der Waals surface area contributed by atoms with E-state index in [1.807, 2.05) is 0 Å². The van der Waals surface area contributed by atoms with Gasteiger partial charge < -0.3 is 5.32 Å². The normalized spacial score (nSPS) is 19.9. The molecule has 2 aliphatic heterocycles. The first-order valence-corrected chi connectivity index (χ1v) is 15.8. The first-order valence-electron chi connectivity index (χ1n) is 12.5. The molecule has 0 radical (unpaired) electrons. The molecule has 214 valence electrons. The fourth-order valence-electron chi connectivity index (χ4n) is 5.19. The second-order valence-electron chi connectivity index (χ2n) is 9.68. The number of nitrogens with two attached hydrogens (primary N) is 1. The molecule has 0 spiro atoms. The Hall–Kier alpha value is -4.11. The van der Waals surface area contributed by atoms with Gasteiger partial charge in [-0.05, 0) is 54.1 Å². The summed E-state index contributed by atoms with van der Waals surface area (Å²) in [5, 5.41) is 7.24. The fraction of sp³-hybridized carbons (Fsp3) is 0.143. The number of aromatic nitrogens is 1. The van der Waals surface area contributed by atoms with Crippen LogP contribution in [0.2, 0.25) is 0 Å². The van der Waals surface area contributed by atoms with Crippen molar-refractivity contribution in [1.82, 2.24) is 4.57 Å². The lowest BCUT2D eigenvalue weighted by Crippen LogP contribution is -2.33. The molecule has 10 nitrogen and oxygen atoms in total. The number of nitrogens with one attached hydrogen (secondary N) is 1. The maximum absolute atomic E-state index is 13.8. The smallest absolute Gasteiger partial charge is 0.308 e. The van der Waals surface area contributed by atoms with E-state index in [4.69, 9.17) is 5.14 Å². The van der Waals surface area contributed by atoms with Crippen molar-refractivity contribution in [3.8, 4) is 0 Å². The van der Waals surface area contributed by atoms with Gasteiger partial charge in [-0.25, -0.2) is 22.8 Å². The molecule has 2 aliphatic rings. The van der Waals surface area contributed by atoms with Crippen LogP contribution in [-0.2, 0) is 31.0 Å². The lowest BCUT2D eigenvalue weighted by atomic mass is 9.83. The van der Waals surface area contributed by atoms with Crippen molar-refractivity contribution in [3.63, 3.8) is 0 Å². The third-order valence-corrected chi connectivity index (χ3v) is 10.6. The SMILES string of the molecule is NS(=O)(=O)c1ccc(NC(=O)Cn2c3c(sc2=O)[C@H](c2ccc(F)cc2)C2C(=O)N(c4ccccc4)C(=O)C2S3)cc1. The van der Waals surface area contributed by atoms with Crippen LogP contribution in [0.1, 0.15) is 16.4 Å². The third-order valence-electron chi connectivity index (χ3n) is 7.06. The zero-order valence-corrected chi connectivity index (χ0v) is 23.9. The van der Waals surface area contributed by atoms with E-state index in [-0.39, 0.29) is 10.6 Å². The molecule has 42 heavy (non-hydrogen) atoms. The first-order chi connectivity index (χ1) is 20.0. The van der Waals surface area contributed by atoms with Gasteiger partial charge in [-0.2, -0.15) is 0 Å². The molecule has 1 fully saturated rings. The largest absolute Gasteiger partial charge is 0.325 e. The number of primary sulfonamides is 1. The van der Waals surface area contributed by atoms with Crippen molar-refractivity contribution in [1.29, 1.82) is 0 Å². The van der Waals surface area contributed by atoms with Crippen LogP contribution in [0, 0.1) is 11.7 Å². The maximum atomic E-state index is 13.8. The number of nitrogens with zero attached hydrogens (tertiary/aromatic N) is 2. The van der Waals surface area contributed by atoms with Crippen molar-refractivity contribution < 1.29 is 27.2 Å². The lowest BCUT2D eigenvalue weighted by Gasteiger charge is -2.30. The number of para-hydroxylation sites is 1. The molecular weight excluding hydrogens is 604 g/mol. The zero-order chi connectivity index (χ0) is 29.8. The first kappa shape index (κ1) is 28.0. The number of halogens is 1. The highest BCUT2D eigenvalue weighted by atomic mass is 32.2. The van der Waals surface area contributed by atoms with Gasteiger partial charge in [0.1, 0.15) is 17.6 Å². The molecule has 4 aromatic rings. The van der Waals surface area contributed by atoms with Crippen molar-refractivity contribution in [2.45, 2.75) is 27.6 Å². The predicted octanol–water partition coefficient (Wildman–Crippen LogP) is 3.13. The van der Waals surface area contributed by atoms with E-state index in [1.54, 1.807) is 30.3 Å². The summed E-state index contributed by atoms with van der Waals surface area (Å²) in [5.74, 6) is -3.47. The van der Waals surface area contributed by atoms with Crippen LogP contribution in [0.25, 0.3) is 0 Å². The molecule has 0 saturated carbocycles. The molecule has 14 heteroatoms. The Balaban J connectivity index is 1.36. The number of fused-ring (bicyclic) bond motifs is 2. The summed E-state index contributed by atoms with van der Waals surface area (Å²) < 4.78 is 38.1. The van der Waals surface area contributed by atoms with E-state index in [0.717, 1.165) is 28.0 Å². The maximum Gasteiger partial charge on any atom is 0.308 e. The molecular formula is C28H21FN4O6S3. The molecule has 3 atom stereocenters. The number of carbonyl (C=O) groups is 3. The Kier molecular flexibility index (Phi) is 7.09. The summed E-state index contributed by atoms with van der Waals surface area (Å²) in [6.07, 6.45) is 0. The van der Waals surface area contributed by atoms with E-state index in [2.05, 4.69) is 5.32 Å². The van der Waals surface area contributed by atoms with Crippen LogP contribution in [0.4, 0.5) is 15.8 Å². The average molecular weight is 625 g/mol. The number of benzene rings is 3. The number of hydrogen-bond acceptors (Lipinski definition) is 8. The molecule has 2 unspecified atom stereocenters. The number of rotatable bonds is 6. The van der Waals surface area contributed by atoms with Gasteiger partial charge >= 0.3 is 4.87 Å². The minimum atomic E-state index is -3.91. The van der Waals surface area contributed by atoms with Gasteiger partial charge in [0, 0.05) is 16.5 Å². The highest BCUT2D eigenvalue weighted by molar-refractivity contribution is 8.00. The Morgan fingerprint density at radius 2 is 1.60 bits per heavy atom. The second-order valence-corrected chi connectivity index (χ2v) is 13.4. The Morgan fingerprint density at radius 3 is 2.24 bits per heavy atom. The number of carbonyl (C=O) groups excluding carboxylic acids is 3. The van der Waals surface area contributed by atoms with E-state index in [0.29, 0.717) is 21.2 Å². The summed E-state index contributed by atoms with van der Waals surface area (Å²) >= 11 is 1.94. The molecule has 3 N–H and O–H groups in total. The number of thioether (sulfide) groups is 1. The van der Waals surface area contributed by atoms with Crippen LogP contribution in [0.15, 0.2) is 93.6 Å². The number of thiazole rings is 1. The third kappa shape index (κ3) is 4.96. The van der Waals surface area contributed by atoms with Gasteiger partial charge in [0.05, 0.1) is 21.5 Å². The molecule has 0 bridgehead atoms. The van der Waals surface area contributed by atoms with Crippen LogP contribution >= 0.6 is 23.1 Å². The minimum absolute atomic E-state index is 0.123. The van der Waals surface area contributed by atoms with Crippen molar-refractivity contribution in [2.75, 3.05) is 10.2 Å². The highest BCUT2D eigenvalue weighted by Gasteiger charge is 2.56. The van der Waals surface area contributed by atoms with Crippen molar-refractivity contribution in [3.05, 3.63) is 105 Å². The van der Waals surface area contributed by atoms with E-state index < -0.39 is 62.1 Å². The van der Waals surface area contributed by atoms with Gasteiger partial charge in [0.2, 0.25) is 27.7 Å². The van der Waals surface area contributed by atoms with Crippen molar-refractivity contribution in [2.24, 2.45) is 11.1 Å². The topological polar surface area (TPSA) is 149 Å². The van der Waals surface area contributed by atoms with Gasteiger partial charge in [-0.3, -0.25) is 23.7 Å². The van der Waals surface area contributed by atoms with E-state index >= 15 is 0 Å². The van der Waals surface area contributed by atoms with Crippen LogP contribution < -0.4 is 20.2 Å². The Labute approximate surface area is 247 Å².